The zero-order valence-corrected chi connectivity index (χ0v) is 18.7. The van der Waals surface area contributed by atoms with Crippen molar-refractivity contribution in [3.8, 4) is 0 Å². The lowest BCUT2D eigenvalue weighted by atomic mass is 9.67. The number of nitrogens with zero attached hydrogens (tertiary/aromatic N) is 2. The van der Waals surface area contributed by atoms with Gasteiger partial charge in [-0.1, -0.05) is 25.5 Å². The van der Waals surface area contributed by atoms with Crippen LogP contribution < -0.4 is 20.9 Å². The van der Waals surface area contributed by atoms with Gasteiger partial charge in [0, 0.05) is 38.9 Å². The molecule has 150 valence electrons. The van der Waals surface area contributed by atoms with Crippen LogP contribution in [-0.4, -0.2) is 45.1 Å². The third-order valence-electron chi connectivity index (χ3n) is 5.82. The number of carbonyl (C=O) groups is 1. The van der Waals surface area contributed by atoms with E-state index >= 15 is 0 Å². The third-order valence-corrected chi connectivity index (χ3v) is 5.82. The Morgan fingerprint density at radius 3 is 2.56 bits per heavy atom. The van der Waals surface area contributed by atoms with E-state index in [1.807, 2.05) is 7.05 Å². The summed E-state index contributed by atoms with van der Waals surface area (Å²) < 4.78 is 0. The second-order valence-corrected chi connectivity index (χ2v) is 7.42. The molecular formula is C20H32IN5O. The summed E-state index contributed by atoms with van der Waals surface area (Å²) in [5, 5.41) is 9.74. The van der Waals surface area contributed by atoms with Gasteiger partial charge in [0.25, 0.3) is 0 Å². The van der Waals surface area contributed by atoms with Crippen LogP contribution >= 0.6 is 24.0 Å². The number of hydrogen-bond acceptors (Lipinski definition) is 3. The largest absolute Gasteiger partial charge is 0.360 e. The van der Waals surface area contributed by atoms with Gasteiger partial charge >= 0.3 is 0 Å². The quantitative estimate of drug-likeness (QED) is 0.329. The number of guanidine groups is 1. The Hall–Kier alpha value is -1.51. The minimum atomic E-state index is 0. The highest BCUT2D eigenvalue weighted by molar-refractivity contribution is 14.0. The minimum Gasteiger partial charge on any atom is -0.360 e. The van der Waals surface area contributed by atoms with E-state index in [9.17, 15) is 4.79 Å². The van der Waals surface area contributed by atoms with Crippen molar-refractivity contribution in [1.29, 1.82) is 0 Å². The summed E-state index contributed by atoms with van der Waals surface area (Å²) in [6.45, 7) is 6.03. The molecule has 1 amide bonds. The fraction of sp³-hybridized carbons (Fsp3) is 0.600. The summed E-state index contributed by atoms with van der Waals surface area (Å²) in [4.78, 5) is 18.0. The van der Waals surface area contributed by atoms with E-state index < -0.39 is 0 Å². The maximum atomic E-state index is 11.5. The van der Waals surface area contributed by atoms with Crippen LogP contribution in [0.2, 0.25) is 0 Å². The van der Waals surface area contributed by atoms with E-state index in [0.29, 0.717) is 18.5 Å². The lowest BCUT2D eigenvalue weighted by Crippen LogP contribution is -2.47. The highest BCUT2D eigenvalue weighted by Crippen LogP contribution is 2.42. The van der Waals surface area contributed by atoms with Crippen molar-refractivity contribution in [2.24, 2.45) is 10.4 Å². The fourth-order valence-corrected chi connectivity index (χ4v) is 3.69. The Morgan fingerprint density at radius 1 is 1.26 bits per heavy atom. The second kappa shape index (κ2) is 10.1. The van der Waals surface area contributed by atoms with Crippen molar-refractivity contribution in [2.75, 3.05) is 38.1 Å². The fourth-order valence-electron chi connectivity index (χ4n) is 3.69. The molecule has 1 saturated carbocycles. The number of hydrogen-bond donors (Lipinski definition) is 3. The van der Waals surface area contributed by atoms with Gasteiger partial charge in [-0.15, -0.1) is 24.0 Å². The van der Waals surface area contributed by atoms with Crippen LogP contribution in [-0.2, 0) is 11.3 Å². The Kier molecular flexibility index (Phi) is 8.19. The van der Waals surface area contributed by atoms with E-state index in [4.69, 9.17) is 0 Å². The van der Waals surface area contributed by atoms with E-state index in [0.717, 1.165) is 31.3 Å². The van der Waals surface area contributed by atoms with Gasteiger partial charge in [0.1, 0.15) is 0 Å². The number of aliphatic imine (C=N–C) groups is 1. The Morgan fingerprint density at radius 2 is 2.00 bits per heavy atom. The SMILES string of the molecule is CCC1(CNC(=NC)NCc2ccc(N3CCNC(=O)C3)cc2)CCC1.I. The number of benzene rings is 1. The third kappa shape index (κ3) is 5.73. The molecule has 2 fully saturated rings. The molecule has 3 N–H and O–H groups in total. The number of amides is 1. The van der Waals surface area contributed by atoms with Crippen molar-refractivity contribution >= 4 is 41.5 Å². The van der Waals surface area contributed by atoms with Crippen LogP contribution in [0.25, 0.3) is 0 Å². The lowest BCUT2D eigenvalue weighted by Gasteiger charge is -2.41. The van der Waals surface area contributed by atoms with Gasteiger partial charge < -0.3 is 20.9 Å². The molecule has 7 heteroatoms. The van der Waals surface area contributed by atoms with Crippen LogP contribution in [0.15, 0.2) is 29.3 Å². The van der Waals surface area contributed by atoms with Crippen LogP contribution in [0.4, 0.5) is 5.69 Å². The molecule has 1 saturated heterocycles. The maximum Gasteiger partial charge on any atom is 0.239 e. The van der Waals surface area contributed by atoms with Gasteiger partial charge in [-0.2, -0.15) is 0 Å². The van der Waals surface area contributed by atoms with Crippen LogP contribution in [0.3, 0.4) is 0 Å². The molecule has 0 aromatic heterocycles. The number of piperazine rings is 1. The predicted molar refractivity (Wildman–Crippen MR) is 122 cm³/mol. The number of rotatable bonds is 6. The summed E-state index contributed by atoms with van der Waals surface area (Å²) in [6, 6.07) is 8.40. The monoisotopic (exact) mass is 485 g/mol. The first-order valence-electron chi connectivity index (χ1n) is 9.69. The van der Waals surface area contributed by atoms with Crippen molar-refractivity contribution < 1.29 is 4.79 Å². The standard InChI is InChI=1S/C20H31N5O.HI/c1-3-20(9-4-10-20)15-24-19(21-2)23-13-16-5-7-17(8-6-16)25-12-11-22-18(26)14-25;/h5-8H,3-4,9-15H2,1-2H3,(H,22,26)(H2,21,23,24);1H. The van der Waals surface area contributed by atoms with Gasteiger partial charge in [-0.3, -0.25) is 9.79 Å². The average molecular weight is 485 g/mol. The molecule has 0 radical (unpaired) electrons. The topological polar surface area (TPSA) is 68.8 Å². The summed E-state index contributed by atoms with van der Waals surface area (Å²) in [5.41, 5.74) is 2.77. The molecule has 1 aromatic carbocycles. The van der Waals surface area contributed by atoms with E-state index in [1.165, 1.54) is 31.2 Å². The summed E-state index contributed by atoms with van der Waals surface area (Å²) >= 11 is 0. The van der Waals surface area contributed by atoms with Crippen molar-refractivity contribution in [2.45, 2.75) is 39.2 Å². The highest BCUT2D eigenvalue weighted by Gasteiger charge is 2.34. The molecule has 0 bridgehead atoms. The number of nitrogens with one attached hydrogen (secondary N) is 3. The molecule has 6 nitrogen and oxygen atoms in total. The van der Waals surface area contributed by atoms with Gasteiger partial charge in [-0.25, -0.2) is 0 Å². The molecule has 2 aliphatic rings. The van der Waals surface area contributed by atoms with Crippen molar-refractivity contribution in [3.63, 3.8) is 0 Å². The van der Waals surface area contributed by atoms with Crippen molar-refractivity contribution in [1.82, 2.24) is 16.0 Å². The zero-order valence-electron chi connectivity index (χ0n) is 16.4. The summed E-state index contributed by atoms with van der Waals surface area (Å²) in [5.74, 6) is 0.953. The Balaban J connectivity index is 0.00000261. The van der Waals surface area contributed by atoms with Gasteiger partial charge in [0.2, 0.25) is 5.91 Å². The molecule has 0 unspecified atom stereocenters. The first-order chi connectivity index (χ1) is 12.6. The highest BCUT2D eigenvalue weighted by atomic mass is 127. The number of anilines is 1. The minimum absolute atomic E-state index is 0. The number of halogens is 1. The molecule has 27 heavy (non-hydrogen) atoms. The molecule has 1 aliphatic heterocycles. The van der Waals surface area contributed by atoms with Crippen LogP contribution in [0.1, 0.15) is 38.2 Å². The van der Waals surface area contributed by atoms with E-state index in [2.05, 4.69) is 57.0 Å². The first kappa shape index (κ1) is 21.8. The molecule has 1 heterocycles. The molecule has 0 spiro atoms. The number of carbonyl (C=O) groups excluding carboxylic acids is 1. The zero-order chi connectivity index (χ0) is 18.4. The maximum absolute atomic E-state index is 11.5. The van der Waals surface area contributed by atoms with Crippen molar-refractivity contribution in [3.05, 3.63) is 29.8 Å². The van der Waals surface area contributed by atoms with Gasteiger partial charge in [0.15, 0.2) is 5.96 Å². The first-order valence-corrected chi connectivity index (χ1v) is 9.69. The molecule has 1 aromatic rings. The molecule has 1 aliphatic carbocycles. The average Bonchev–Trinajstić information content (AvgIpc) is 2.64. The molecule has 0 atom stereocenters. The molecular weight excluding hydrogens is 453 g/mol. The van der Waals surface area contributed by atoms with Gasteiger partial charge in [-0.05, 0) is 42.4 Å². The Bertz CT molecular complexity index is 637. The Labute approximate surface area is 179 Å². The smallest absolute Gasteiger partial charge is 0.239 e. The normalized spacial score (nSPS) is 18.8. The summed E-state index contributed by atoms with van der Waals surface area (Å²) in [6.07, 6.45) is 5.23. The van der Waals surface area contributed by atoms with Crippen LogP contribution in [0.5, 0.6) is 0 Å². The second-order valence-electron chi connectivity index (χ2n) is 7.42. The summed E-state index contributed by atoms with van der Waals surface area (Å²) in [7, 11) is 1.82. The molecule has 3 rings (SSSR count). The predicted octanol–water partition coefficient (Wildman–Crippen LogP) is 2.49. The van der Waals surface area contributed by atoms with Gasteiger partial charge in [0.05, 0.1) is 6.54 Å². The van der Waals surface area contributed by atoms with E-state index in [-0.39, 0.29) is 29.9 Å². The lowest BCUT2D eigenvalue weighted by molar-refractivity contribution is -0.120. The van der Waals surface area contributed by atoms with Crippen LogP contribution in [0, 0.1) is 5.41 Å². The van der Waals surface area contributed by atoms with E-state index in [1.54, 1.807) is 0 Å².